The number of aryl methyl sites for hydroxylation is 1. The predicted octanol–water partition coefficient (Wildman–Crippen LogP) is 4.22. The Morgan fingerprint density at radius 1 is 1.21 bits per heavy atom. The predicted molar refractivity (Wildman–Crippen MR) is 113 cm³/mol. The van der Waals surface area contributed by atoms with Crippen molar-refractivity contribution in [2.75, 3.05) is 25.2 Å². The average Bonchev–Trinajstić information content (AvgIpc) is 2.60. The molecule has 0 aromatic heterocycles. The van der Waals surface area contributed by atoms with Gasteiger partial charge in [-0.05, 0) is 54.8 Å². The van der Waals surface area contributed by atoms with Gasteiger partial charge >= 0.3 is 0 Å². The van der Waals surface area contributed by atoms with Gasteiger partial charge in [-0.3, -0.25) is 4.79 Å². The quantitative estimate of drug-likeness (QED) is 0.694. The normalized spacial score (nSPS) is 11.7. The molecule has 9 heteroatoms. The van der Waals surface area contributed by atoms with Gasteiger partial charge in [-0.1, -0.05) is 17.7 Å². The number of anilines is 1. The van der Waals surface area contributed by atoms with Gasteiger partial charge in [-0.25, -0.2) is 17.1 Å². The molecule has 1 N–H and O–H groups in total. The van der Waals surface area contributed by atoms with Gasteiger partial charge in [0.1, 0.15) is 5.82 Å². The molecule has 0 radical (unpaired) electrons. The van der Waals surface area contributed by atoms with E-state index in [1.807, 2.05) is 6.92 Å². The van der Waals surface area contributed by atoms with Crippen molar-refractivity contribution in [3.8, 4) is 0 Å². The van der Waals surface area contributed by atoms with Gasteiger partial charge in [0.15, 0.2) is 0 Å². The van der Waals surface area contributed by atoms with E-state index in [-0.39, 0.29) is 16.6 Å². The number of carbonyl (C=O) groups excluding carboxylic acids is 1. The summed E-state index contributed by atoms with van der Waals surface area (Å²) in [6.45, 7) is 3.62. The molecular weight excluding hydrogens is 423 g/mol. The minimum atomic E-state index is -3.60. The fraction of sp³-hybridized carbons (Fsp3) is 0.316. The molecule has 1 amide bonds. The lowest BCUT2D eigenvalue weighted by Gasteiger charge is -2.16. The minimum Gasteiger partial charge on any atom is -0.325 e. The summed E-state index contributed by atoms with van der Waals surface area (Å²) in [4.78, 5) is 12.4. The summed E-state index contributed by atoms with van der Waals surface area (Å²) in [7, 11) is -0.688. The summed E-state index contributed by atoms with van der Waals surface area (Å²) in [5.41, 5.74) is 2.78. The molecule has 0 unspecified atom stereocenters. The van der Waals surface area contributed by atoms with E-state index >= 15 is 0 Å². The minimum absolute atomic E-state index is 0.127. The topological polar surface area (TPSA) is 66.5 Å². The molecule has 0 spiro atoms. The smallest absolute Gasteiger partial charge is 0.242 e. The average molecular weight is 445 g/mol. The highest BCUT2D eigenvalue weighted by Crippen LogP contribution is 2.26. The third-order valence-electron chi connectivity index (χ3n) is 4.20. The van der Waals surface area contributed by atoms with E-state index in [1.165, 1.54) is 44.1 Å². The number of carbonyl (C=O) groups is 1. The molecule has 0 atom stereocenters. The highest BCUT2D eigenvalue weighted by Gasteiger charge is 2.20. The van der Waals surface area contributed by atoms with Crippen LogP contribution in [-0.2, 0) is 20.6 Å². The van der Waals surface area contributed by atoms with Crippen LogP contribution in [0, 0.1) is 19.7 Å². The van der Waals surface area contributed by atoms with Crippen LogP contribution in [-0.4, -0.2) is 38.5 Å². The molecule has 28 heavy (non-hydrogen) atoms. The largest absolute Gasteiger partial charge is 0.325 e. The highest BCUT2D eigenvalue weighted by molar-refractivity contribution is 7.99. The second kappa shape index (κ2) is 9.26. The van der Waals surface area contributed by atoms with Gasteiger partial charge in [0.05, 0.1) is 10.6 Å². The number of hydrogen-bond acceptors (Lipinski definition) is 4. The fourth-order valence-corrected chi connectivity index (χ4v) is 4.55. The van der Waals surface area contributed by atoms with Crippen molar-refractivity contribution in [3.63, 3.8) is 0 Å². The molecule has 0 saturated heterocycles. The SMILES string of the molecule is Cc1cc(S(=O)(=O)N(C)C)cc(NC(=O)CSCc2ccc(F)cc2Cl)c1C. The van der Waals surface area contributed by atoms with E-state index in [9.17, 15) is 17.6 Å². The number of benzene rings is 2. The van der Waals surface area contributed by atoms with Gasteiger partial charge in [0, 0.05) is 30.6 Å². The second-order valence-electron chi connectivity index (χ2n) is 6.48. The number of rotatable bonds is 7. The standard InChI is InChI=1S/C19H22ClFN2O3S2/c1-12-7-16(28(25,26)23(3)4)9-18(13(12)2)22-19(24)11-27-10-14-5-6-15(21)8-17(14)20/h5-9H,10-11H2,1-4H3,(H,22,24). The molecule has 2 aromatic rings. The van der Waals surface area contributed by atoms with E-state index in [4.69, 9.17) is 11.6 Å². The first kappa shape index (κ1) is 22.7. The maximum Gasteiger partial charge on any atom is 0.242 e. The molecule has 0 aliphatic carbocycles. The van der Waals surface area contributed by atoms with E-state index in [0.717, 1.165) is 21.0 Å². The number of hydrogen-bond donors (Lipinski definition) is 1. The Morgan fingerprint density at radius 2 is 1.89 bits per heavy atom. The summed E-state index contributed by atoms with van der Waals surface area (Å²) in [6.07, 6.45) is 0. The summed E-state index contributed by atoms with van der Waals surface area (Å²) >= 11 is 7.32. The summed E-state index contributed by atoms with van der Waals surface area (Å²) in [5.74, 6) is -0.0591. The first-order valence-electron chi connectivity index (χ1n) is 8.37. The van der Waals surface area contributed by atoms with Crippen LogP contribution in [0.2, 0.25) is 5.02 Å². The number of thioether (sulfide) groups is 1. The fourth-order valence-electron chi connectivity index (χ4n) is 2.39. The van der Waals surface area contributed by atoms with Gasteiger partial charge in [-0.15, -0.1) is 11.8 Å². The molecule has 152 valence electrons. The third kappa shape index (κ3) is 5.47. The van der Waals surface area contributed by atoms with Crippen LogP contribution >= 0.6 is 23.4 Å². The van der Waals surface area contributed by atoms with Gasteiger partial charge in [-0.2, -0.15) is 0 Å². The van der Waals surface area contributed by atoms with Gasteiger partial charge in [0.25, 0.3) is 0 Å². The first-order chi connectivity index (χ1) is 13.0. The molecule has 0 bridgehead atoms. The number of nitrogens with one attached hydrogen (secondary N) is 1. The molecule has 0 fully saturated rings. The molecular formula is C19H22ClFN2O3S2. The van der Waals surface area contributed by atoms with E-state index in [2.05, 4.69) is 5.32 Å². The summed E-state index contributed by atoms with van der Waals surface area (Å²) in [6, 6.07) is 7.21. The molecule has 0 aliphatic rings. The maximum atomic E-state index is 13.1. The van der Waals surface area contributed by atoms with Gasteiger partial charge < -0.3 is 5.32 Å². The molecule has 2 rings (SSSR count). The third-order valence-corrected chi connectivity index (χ3v) is 7.33. The van der Waals surface area contributed by atoms with E-state index in [0.29, 0.717) is 16.5 Å². The molecule has 5 nitrogen and oxygen atoms in total. The Hall–Kier alpha value is -1.61. The number of nitrogens with zero attached hydrogens (tertiary/aromatic N) is 1. The van der Waals surface area contributed by atoms with Crippen LogP contribution in [0.25, 0.3) is 0 Å². The van der Waals surface area contributed by atoms with Crippen molar-refractivity contribution in [1.82, 2.24) is 4.31 Å². The summed E-state index contributed by atoms with van der Waals surface area (Å²) < 4.78 is 39.0. The number of amides is 1. The zero-order valence-electron chi connectivity index (χ0n) is 16.0. The number of sulfonamides is 1. The molecule has 2 aromatic carbocycles. The second-order valence-corrected chi connectivity index (χ2v) is 10.0. The molecule has 0 heterocycles. The summed E-state index contributed by atoms with van der Waals surface area (Å²) in [5, 5.41) is 3.10. The van der Waals surface area contributed by atoms with E-state index < -0.39 is 15.8 Å². The van der Waals surface area contributed by atoms with Crippen LogP contribution in [0.4, 0.5) is 10.1 Å². The monoisotopic (exact) mass is 444 g/mol. The van der Waals surface area contributed by atoms with Gasteiger partial charge in [0.2, 0.25) is 15.9 Å². The van der Waals surface area contributed by atoms with Crippen LogP contribution < -0.4 is 5.32 Å². The lowest BCUT2D eigenvalue weighted by molar-refractivity contribution is -0.113. The Bertz CT molecular complexity index is 995. The Balaban J connectivity index is 2.08. The van der Waals surface area contributed by atoms with Crippen molar-refractivity contribution < 1.29 is 17.6 Å². The Labute approximate surface area is 174 Å². The zero-order valence-corrected chi connectivity index (χ0v) is 18.4. The van der Waals surface area contributed by atoms with Crippen molar-refractivity contribution in [3.05, 3.63) is 57.9 Å². The van der Waals surface area contributed by atoms with Crippen LogP contribution in [0.1, 0.15) is 16.7 Å². The zero-order chi connectivity index (χ0) is 21.1. The van der Waals surface area contributed by atoms with E-state index in [1.54, 1.807) is 19.1 Å². The molecule has 0 saturated carbocycles. The van der Waals surface area contributed by atoms with Crippen molar-refractivity contribution in [2.45, 2.75) is 24.5 Å². The van der Waals surface area contributed by atoms with Crippen molar-refractivity contribution in [2.24, 2.45) is 0 Å². The van der Waals surface area contributed by atoms with Crippen LogP contribution in [0.3, 0.4) is 0 Å². The highest BCUT2D eigenvalue weighted by atomic mass is 35.5. The lowest BCUT2D eigenvalue weighted by Crippen LogP contribution is -2.23. The Morgan fingerprint density at radius 3 is 2.50 bits per heavy atom. The lowest BCUT2D eigenvalue weighted by atomic mass is 10.1. The number of halogens is 2. The first-order valence-corrected chi connectivity index (χ1v) is 11.3. The molecule has 0 aliphatic heterocycles. The maximum absolute atomic E-state index is 13.1. The van der Waals surface area contributed by atoms with Crippen molar-refractivity contribution in [1.29, 1.82) is 0 Å². The Kier molecular flexibility index (Phi) is 7.50. The van der Waals surface area contributed by atoms with Crippen LogP contribution in [0.5, 0.6) is 0 Å². The van der Waals surface area contributed by atoms with Crippen molar-refractivity contribution >= 4 is 45.0 Å². The van der Waals surface area contributed by atoms with Crippen LogP contribution in [0.15, 0.2) is 35.2 Å².